The van der Waals surface area contributed by atoms with Crippen molar-refractivity contribution in [2.24, 2.45) is 0 Å². The molecule has 2 rings (SSSR count). The Labute approximate surface area is 143 Å². The number of carbonyl (C=O) groups is 1. The molecule has 7 heteroatoms. The molecule has 0 aliphatic rings. The molecular weight excluding hydrogens is 343 g/mol. The fraction of sp³-hybridized carbons (Fsp3) is 0.333. The predicted molar refractivity (Wildman–Crippen MR) is 89.5 cm³/mol. The van der Waals surface area contributed by atoms with Crippen molar-refractivity contribution in [2.45, 2.75) is 30.5 Å². The number of aryl methyl sites for hydroxylation is 1. The maximum absolute atomic E-state index is 12.4. The predicted octanol–water partition coefficient (Wildman–Crippen LogP) is 4.43. The molecular formula is C15H16Cl2N2O2S. The van der Waals surface area contributed by atoms with Crippen molar-refractivity contribution in [2.75, 3.05) is 7.05 Å². The molecule has 1 aromatic heterocycles. The fourth-order valence-corrected chi connectivity index (χ4v) is 3.46. The van der Waals surface area contributed by atoms with Gasteiger partial charge in [0, 0.05) is 23.0 Å². The van der Waals surface area contributed by atoms with Crippen LogP contribution >= 0.6 is 35.0 Å². The maximum Gasteiger partial charge on any atom is 0.235 e. The summed E-state index contributed by atoms with van der Waals surface area (Å²) in [6.45, 7) is 4.07. The van der Waals surface area contributed by atoms with Crippen LogP contribution in [0, 0.1) is 6.92 Å². The van der Waals surface area contributed by atoms with Gasteiger partial charge in [-0.3, -0.25) is 4.79 Å². The molecule has 1 heterocycles. The molecule has 118 valence electrons. The number of hydrogen-bond acceptors (Lipinski definition) is 4. The van der Waals surface area contributed by atoms with E-state index < -0.39 is 0 Å². The first-order valence-corrected chi connectivity index (χ1v) is 8.29. The first-order valence-electron chi connectivity index (χ1n) is 6.65. The summed E-state index contributed by atoms with van der Waals surface area (Å²) in [5, 5.41) is 4.79. The highest BCUT2D eigenvalue weighted by atomic mass is 35.5. The summed E-state index contributed by atoms with van der Waals surface area (Å²) in [6, 6.07) is 7.03. The minimum absolute atomic E-state index is 0.0123. The smallest absolute Gasteiger partial charge is 0.235 e. The van der Waals surface area contributed by atoms with Crippen LogP contribution in [0.3, 0.4) is 0 Å². The highest BCUT2D eigenvalue weighted by molar-refractivity contribution is 8.00. The van der Waals surface area contributed by atoms with E-state index >= 15 is 0 Å². The Morgan fingerprint density at radius 1 is 1.41 bits per heavy atom. The quantitative estimate of drug-likeness (QED) is 0.741. The van der Waals surface area contributed by atoms with E-state index in [0.717, 1.165) is 16.3 Å². The van der Waals surface area contributed by atoms with E-state index in [0.29, 0.717) is 16.6 Å². The van der Waals surface area contributed by atoms with Crippen LogP contribution in [-0.2, 0) is 11.3 Å². The lowest BCUT2D eigenvalue weighted by Gasteiger charge is -2.20. The van der Waals surface area contributed by atoms with Crippen LogP contribution in [0.2, 0.25) is 10.0 Å². The van der Waals surface area contributed by atoms with Crippen LogP contribution in [-0.4, -0.2) is 28.3 Å². The number of hydrogen-bond donors (Lipinski definition) is 0. The Kier molecular flexibility index (Phi) is 5.78. The molecule has 0 fully saturated rings. The molecule has 2 aromatic rings. The second-order valence-corrected chi connectivity index (χ2v) is 7.18. The van der Waals surface area contributed by atoms with Crippen LogP contribution in [0.1, 0.15) is 18.4 Å². The summed E-state index contributed by atoms with van der Waals surface area (Å²) in [7, 11) is 1.74. The van der Waals surface area contributed by atoms with Crippen LogP contribution in [0.5, 0.6) is 0 Å². The minimum Gasteiger partial charge on any atom is -0.361 e. The first kappa shape index (κ1) is 17.2. The molecule has 0 aliphatic heterocycles. The zero-order chi connectivity index (χ0) is 16.3. The van der Waals surface area contributed by atoms with Crippen molar-refractivity contribution in [1.29, 1.82) is 0 Å². The Hall–Kier alpha value is -1.17. The number of nitrogens with zero attached hydrogens (tertiary/aromatic N) is 2. The van der Waals surface area contributed by atoms with Crippen molar-refractivity contribution < 1.29 is 9.32 Å². The third kappa shape index (κ3) is 4.41. The summed E-state index contributed by atoms with van der Waals surface area (Å²) in [5.74, 6) is 0.714. The van der Waals surface area contributed by atoms with Gasteiger partial charge >= 0.3 is 0 Å². The monoisotopic (exact) mass is 358 g/mol. The zero-order valence-corrected chi connectivity index (χ0v) is 14.8. The summed E-state index contributed by atoms with van der Waals surface area (Å²) in [6.07, 6.45) is 0. The lowest BCUT2D eigenvalue weighted by molar-refractivity contribution is -0.129. The third-order valence-electron chi connectivity index (χ3n) is 3.00. The number of rotatable bonds is 5. The number of halogens is 2. The van der Waals surface area contributed by atoms with Crippen molar-refractivity contribution in [3.63, 3.8) is 0 Å². The molecule has 0 spiro atoms. The number of benzene rings is 1. The van der Waals surface area contributed by atoms with Gasteiger partial charge in [0.25, 0.3) is 0 Å². The lowest BCUT2D eigenvalue weighted by Crippen LogP contribution is -2.32. The van der Waals surface area contributed by atoms with Crippen molar-refractivity contribution >= 4 is 40.9 Å². The van der Waals surface area contributed by atoms with Gasteiger partial charge in [-0.25, -0.2) is 0 Å². The highest BCUT2D eigenvalue weighted by Crippen LogP contribution is 2.33. The largest absolute Gasteiger partial charge is 0.361 e. The molecule has 0 saturated carbocycles. The lowest BCUT2D eigenvalue weighted by atomic mass is 10.3. The second-order valence-electron chi connectivity index (χ2n) is 4.96. The summed E-state index contributed by atoms with van der Waals surface area (Å²) < 4.78 is 5.00. The SMILES string of the molecule is Cc1cc(CN(C)C(=O)C(C)Sc2cc(Cl)ccc2Cl)no1. The van der Waals surface area contributed by atoms with E-state index in [2.05, 4.69) is 5.16 Å². The average Bonchev–Trinajstić information content (AvgIpc) is 2.87. The molecule has 22 heavy (non-hydrogen) atoms. The van der Waals surface area contributed by atoms with E-state index in [-0.39, 0.29) is 11.2 Å². The average molecular weight is 359 g/mol. The van der Waals surface area contributed by atoms with Crippen molar-refractivity contribution in [1.82, 2.24) is 10.1 Å². The second kappa shape index (κ2) is 7.40. The molecule has 1 atom stereocenters. The molecule has 4 nitrogen and oxygen atoms in total. The highest BCUT2D eigenvalue weighted by Gasteiger charge is 2.20. The van der Waals surface area contributed by atoms with E-state index in [1.807, 2.05) is 19.9 Å². The van der Waals surface area contributed by atoms with Gasteiger partial charge in [0.15, 0.2) is 0 Å². The van der Waals surface area contributed by atoms with Crippen LogP contribution in [0.25, 0.3) is 0 Å². The number of thioether (sulfide) groups is 1. The Morgan fingerprint density at radius 3 is 2.77 bits per heavy atom. The van der Waals surface area contributed by atoms with E-state index in [1.54, 1.807) is 30.1 Å². The van der Waals surface area contributed by atoms with Gasteiger partial charge in [-0.1, -0.05) is 28.4 Å². The van der Waals surface area contributed by atoms with Gasteiger partial charge in [0.2, 0.25) is 5.91 Å². The van der Waals surface area contributed by atoms with E-state index in [4.69, 9.17) is 27.7 Å². The number of aromatic nitrogens is 1. The molecule has 0 radical (unpaired) electrons. The molecule has 1 unspecified atom stereocenters. The van der Waals surface area contributed by atoms with Crippen LogP contribution in [0.4, 0.5) is 0 Å². The number of carbonyl (C=O) groups excluding carboxylic acids is 1. The molecule has 1 amide bonds. The summed E-state index contributed by atoms with van der Waals surface area (Å²) >= 11 is 13.5. The number of amides is 1. The van der Waals surface area contributed by atoms with Gasteiger partial charge in [-0.05, 0) is 32.0 Å². The van der Waals surface area contributed by atoms with Gasteiger partial charge in [0.1, 0.15) is 11.5 Å². The van der Waals surface area contributed by atoms with Crippen molar-refractivity contribution in [3.8, 4) is 0 Å². The fourth-order valence-electron chi connectivity index (χ4n) is 1.93. The Balaban J connectivity index is 2.00. The normalized spacial score (nSPS) is 12.2. The molecule has 0 N–H and O–H groups in total. The summed E-state index contributed by atoms with van der Waals surface area (Å²) in [5.41, 5.74) is 0.728. The molecule has 0 bridgehead atoms. The molecule has 0 saturated heterocycles. The van der Waals surface area contributed by atoms with Crippen molar-refractivity contribution in [3.05, 3.63) is 45.8 Å². The minimum atomic E-state index is -0.283. The van der Waals surface area contributed by atoms with Gasteiger partial charge in [-0.15, -0.1) is 11.8 Å². The maximum atomic E-state index is 12.4. The Morgan fingerprint density at radius 2 is 2.14 bits per heavy atom. The topological polar surface area (TPSA) is 46.3 Å². The van der Waals surface area contributed by atoms with Crippen LogP contribution < -0.4 is 0 Å². The zero-order valence-electron chi connectivity index (χ0n) is 12.5. The van der Waals surface area contributed by atoms with Gasteiger partial charge < -0.3 is 9.42 Å². The first-order chi connectivity index (χ1) is 10.4. The molecule has 0 aliphatic carbocycles. The van der Waals surface area contributed by atoms with Crippen LogP contribution in [0.15, 0.2) is 33.7 Å². The standard InChI is InChI=1S/C15H16Cl2N2O2S/c1-9-6-12(18-21-9)8-19(3)15(20)10(2)22-14-7-11(16)4-5-13(14)17/h4-7,10H,8H2,1-3H3. The molecule has 1 aromatic carbocycles. The van der Waals surface area contributed by atoms with Gasteiger partial charge in [-0.2, -0.15) is 0 Å². The van der Waals surface area contributed by atoms with Gasteiger partial charge in [0.05, 0.1) is 16.8 Å². The summed E-state index contributed by atoms with van der Waals surface area (Å²) in [4.78, 5) is 14.8. The van der Waals surface area contributed by atoms with E-state index in [9.17, 15) is 4.79 Å². The third-order valence-corrected chi connectivity index (χ3v) is 4.82. The Bertz CT molecular complexity index is 675. The van der Waals surface area contributed by atoms with E-state index in [1.165, 1.54) is 11.8 Å².